The number of hydrogen-bond acceptors (Lipinski definition) is 4. The van der Waals surface area contributed by atoms with Crippen LogP contribution in [0.3, 0.4) is 0 Å². The van der Waals surface area contributed by atoms with Crippen molar-refractivity contribution in [2.24, 2.45) is 0 Å². The number of anilines is 1. The first kappa shape index (κ1) is 18.5. The van der Waals surface area contributed by atoms with Gasteiger partial charge in [-0.25, -0.2) is 4.98 Å². The Balaban J connectivity index is 1.67. The van der Waals surface area contributed by atoms with Gasteiger partial charge in [-0.15, -0.1) is 0 Å². The van der Waals surface area contributed by atoms with Crippen molar-refractivity contribution in [1.29, 1.82) is 0 Å². The summed E-state index contributed by atoms with van der Waals surface area (Å²) in [4.78, 5) is 37.2. The molecule has 0 aliphatic heterocycles. The summed E-state index contributed by atoms with van der Waals surface area (Å²) in [6.45, 7) is 1.87. The number of hydrogen-bond donors (Lipinski definition) is 2. The van der Waals surface area contributed by atoms with Crippen LogP contribution in [0, 0.1) is 6.92 Å². The van der Waals surface area contributed by atoms with E-state index in [0.717, 1.165) is 29.7 Å². The molecule has 0 atom stereocenters. The summed E-state index contributed by atoms with van der Waals surface area (Å²) in [6, 6.07) is 7.29. The quantitative estimate of drug-likeness (QED) is 0.539. The van der Waals surface area contributed by atoms with Gasteiger partial charge < -0.3 is 10.3 Å². The summed E-state index contributed by atoms with van der Waals surface area (Å²) in [6.07, 6.45) is 10.7. The van der Waals surface area contributed by atoms with Crippen molar-refractivity contribution in [2.45, 2.75) is 44.9 Å². The zero-order chi connectivity index (χ0) is 20.7. The molecule has 1 aliphatic rings. The molecule has 7 heteroatoms. The molecular weight excluding hydrogens is 378 g/mol. The third-order valence-corrected chi connectivity index (χ3v) is 5.99. The first-order chi connectivity index (χ1) is 14.6. The number of aromatic amines is 1. The molecule has 2 N–H and O–H groups in total. The number of H-pyrrole nitrogens is 1. The van der Waals surface area contributed by atoms with Crippen LogP contribution in [0.25, 0.3) is 16.6 Å². The highest BCUT2D eigenvalue weighted by atomic mass is 16.1. The monoisotopic (exact) mass is 401 g/mol. The molecule has 0 saturated heterocycles. The second-order valence-corrected chi connectivity index (χ2v) is 8.01. The van der Waals surface area contributed by atoms with Crippen LogP contribution in [0.2, 0.25) is 0 Å². The van der Waals surface area contributed by atoms with E-state index < -0.39 is 0 Å². The Hall–Kier alpha value is -3.48. The van der Waals surface area contributed by atoms with Crippen LogP contribution in [0.15, 0.2) is 47.7 Å². The number of nitrogens with one attached hydrogen (secondary N) is 2. The van der Waals surface area contributed by atoms with Crippen LogP contribution in [0.1, 0.15) is 59.8 Å². The van der Waals surface area contributed by atoms with Gasteiger partial charge in [0.15, 0.2) is 0 Å². The van der Waals surface area contributed by atoms with Gasteiger partial charge in [0.2, 0.25) is 0 Å². The molecule has 152 valence electrons. The lowest BCUT2D eigenvalue weighted by molar-refractivity contribution is 0.102. The highest BCUT2D eigenvalue weighted by Gasteiger charge is 2.23. The molecule has 5 rings (SSSR count). The molecule has 1 aliphatic carbocycles. The minimum atomic E-state index is -0.207. The molecule has 3 heterocycles. The average Bonchev–Trinajstić information content (AvgIpc) is 3.21. The highest BCUT2D eigenvalue weighted by Crippen LogP contribution is 2.33. The van der Waals surface area contributed by atoms with Crippen molar-refractivity contribution < 1.29 is 4.79 Å². The second-order valence-electron chi connectivity index (χ2n) is 8.01. The first-order valence-electron chi connectivity index (χ1n) is 10.4. The lowest BCUT2D eigenvalue weighted by atomic mass is 9.88. The predicted octanol–water partition coefficient (Wildman–Crippen LogP) is 4.18. The number of nitrogens with zero attached hydrogens (tertiary/aromatic N) is 3. The normalized spacial score (nSPS) is 15.0. The van der Waals surface area contributed by atoms with Gasteiger partial charge in [0.1, 0.15) is 11.3 Å². The van der Waals surface area contributed by atoms with Gasteiger partial charge >= 0.3 is 0 Å². The van der Waals surface area contributed by atoms with E-state index in [1.807, 2.05) is 23.5 Å². The van der Waals surface area contributed by atoms with E-state index in [2.05, 4.69) is 20.3 Å². The molecule has 30 heavy (non-hydrogen) atoms. The van der Waals surface area contributed by atoms with E-state index in [9.17, 15) is 9.59 Å². The molecule has 0 radical (unpaired) electrons. The Labute approximate surface area is 173 Å². The number of amides is 1. The van der Waals surface area contributed by atoms with E-state index in [0.29, 0.717) is 28.2 Å². The van der Waals surface area contributed by atoms with E-state index in [-0.39, 0.29) is 11.5 Å². The minimum absolute atomic E-state index is 0.163. The van der Waals surface area contributed by atoms with Gasteiger partial charge in [0.25, 0.3) is 11.5 Å². The zero-order valence-electron chi connectivity index (χ0n) is 16.8. The van der Waals surface area contributed by atoms with Gasteiger partial charge in [0.05, 0.1) is 29.1 Å². The third kappa shape index (κ3) is 3.16. The fourth-order valence-electron chi connectivity index (χ4n) is 4.48. The maximum absolute atomic E-state index is 13.0. The zero-order valence-corrected chi connectivity index (χ0v) is 16.8. The van der Waals surface area contributed by atoms with Crippen molar-refractivity contribution in [2.75, 3.05) is 5.32 Å². The molecule has 0 bridgehead atoms. The number of fused-ring (bicyclic) bond motifs is 3. The molecule has 1 amide bonds. The fourth-order valence-corrected chi connectivity index (χ4v) is 4.48. The number of aromatic nitrogens is 4. The summed E-state index contributed by atoms with van der Waals surface area (Å²) in [7, 11) is 0. The summed E-state index contributed by atoms with van der Waals surface area (Å²) in [5.41, 5.74) is 3.84. The van der Waals surface area contributed by atoms with Gasteiger partial charge in [-0.1, -0.05) is 19.3 Å². The van der Waals surface area contributed by atoms with Crippen LogP contribution in [-0.4, -0.2) is 25.3 Å². The van der Waals surface area contributed by atoms with Crippen LogP contribution < -0.4 is 10.9 Å². The lowest BCUT2D eigenvalue weighted by Gasteiger charge is -2.21. The number of benzene rings is 1. The molecule has 1 saturated carbocycles. The van der Waals surface area contributed by atoms with Gasteiger partial charge in [0, 0.05) is 17.7 Å². The first-order valence-corrected chi connectivity index (χ1v) is 10.4. The smallest absolute Gasteiger partial charge is 0.274 e. The van der Waals surface area contributed by atoms with Crippen molar-refractivity contribution in [1.82, 2.24) is 19.4 Å². The van der Waals surface area contributed by atoms with E-state index in [1.54, 1.807) is 30.7 Å². The lowest BCUT2D eigenvalue weighted by Crippen LogP contribution is -2.17. The van der Waals surface area contributed by atoms with Gasteiger partial charge in [-0.3, -0.25) is 19.0 Å². The summed E-state index contributed by atoms with van der Waals surface area (Å²) >= 11 is 0. The Morgan fingerprint density at radius 2 is 2.00 bits per heavy atom. The Morgan fingerprint density at radius 3 is 2.77 bits per heavy atom. The number of rotatable bonds is 3. The minimum Gasteiger partial charge on any atom is -0.321 e. The van der Waals surface area contributed by atoms with E-state index in [4.69, 9.17) is 0 Å². The standard InChI is InChI=1S/C23H23N5O2/c1-14-10-18-19(11-17(14)22(29)26-16-8-5-9-24-12-16)28-20(23(30)27-18)13-25-21(28)15-6-3-2-4-7-15/h5,8-13,15H,2-4,6-7H2,1H3,(H,26,29)(H,27,30). The molecule has 0 unspecified atom stereocenters. The van der Waals surface area contributed by atoms with Crippen molar-refractivity contribution in [3.63, 3.8) is 0 Å². The van der Waals surface area contributed by atoms with Crippen LogP contribution in [0.5, 0.6) is 0 Å². The number of carbonyl (C=O) groups excluding carboxylic acids is 1. The largest absolute Gasteiger partial charge is 0.321 e. The van der Waals surface area contributed by atoms with E-state index >= 15 is 0 Å². The second kappa shape index (κ2) is 7.40. The SMILES string of the molecule is Cc1cc2[nH]c(=O)c3cnc(C4CCCCC4)n3c2cc1C(=O)Nc1cccnc1. The molecule has 1 aromatic carbocycles. The van der Waals surface area contributed by atoms with Crippen molar-refractivity contribution >= 4 is 28.1 Å². The summed E-state index contributed by atoms with van der Waals surface area (Å²) < 4.78 is 1.95. The maximum atomic E-state index is 13.0. The Morgan fingerprint density at radius 1 is 1.17 bits per heavy atom. The fraction of sp³-hybridized carbons (Fsp3) is 0.304. The van der Waals surface area contributed by atoms with Gasteiger partial charge in [-0.05, 0) is 49.6 Å². The number of pyridine rings is 1. The molecule has 1 fully saturated rings. The molecule has 7 nitrogen and oxygen atoms in total. The van der Waals surface area contributed by atoms with Crippen molar-refractivity contribution in [3.05, 3.63) is 70.2 Å². The average molecular weight is 401 g/mol. The van der Waals surface area contributed by atoms with Gasteiger partial charge in [-0.2, -0.15) is 0 Å². The van der Waals surface area contributed by atoms with E-state index in [1.165, 1.54) is 19.3 Å². The maximum Gasteiger partial charge on any atom is 0.274 e. The van der Waals surface area contributed by atoms with Crippen molar-refractivity contribution in [3.8, 4) is 0 Å². The highest BCUT2D eigenvalue weighted by molar-refractivity contribution is 6.07. The summed E-state index contributed by atoms with van der Waals surface area (Å²) in [5.74, 6) is 1.05. The predicted molar refractivity (Wildman–Crippen MR) is 116 cm³/mol. The number of aryl methyl sites for hydroxylation is 1. The third-order valence-electron chi connectivity index (χ3n) is 5.99. The van der Waals surface area contributed by atoms with Crippen LogP contribution in [-0.2, 0) is 0 Å². The Kier molecular flexibility index (Phi) is 4.58. The summed E-state index contributed by atoms with van der Waals surface area (Å²) in [5, 5.41) is 2.90. The van der Waals surface area contributed by atoms with Crippen LogP contribution in [0.4, 0.5) is 5.69 Å². The number of carbonyl (C=O) groups is 1. The molecule has 0 spiro atoms. The Bertz CT molecular complexity index is 1300. The number of imidazole rings is 1. The molecule has 3 aromatic heterocycles. The van der Waals surface area contributed by atoms with Crippen LogP contribution >= 0.6 is 0 Å². The molecular formula is C23H23N5O2. The molecule has 4 aromatic rings. The topological polar surface area (TPSA) is 92.1 Å².